The van der Waals surface area contributed by atoms with E-state index >= 15 is 0 Å². The molecular formula is C12H14BrClO3. The average Bonchev–Trinajstić information content (AvgIpc) is 2.31. The highest BCUT2D eigenvalue weighted by Crippen LogP contribution is 2.29. The summed E-state index contributed by atoms with van der Waals surface area (Å²) in [6, 6.07) is 3.51. The summed E-state index contributed by atoms with van der Waals surface area (Å²) in [5.41, 5.74) is 1.75. The first kappa shape index (κ1) is 14.3. The number of ether oxygens (including phenoxy) is 2. The molecule has 0 aromatic heterocycles. The summed E-state index contributed by atoms with van der Waals surface area (Å²) in [7, 11) is 1.55. The average molecular weight is 322 g/mol. The number of hydrogen-bond acceptors (Lipinski definition) is 3. The van der Waals surface area contributed by atoms with Crippen LogP contribution in [0.3, 0.4) is 0 Å². The monoisotopic (exact) mass is 320 g/mol. The Morgan fingerprint density at radius 2 is 2.18 bits per heavy atom. The first-order valence-electron chi connectivity index (χ1n) is 5.19. The molecule has 0 aliphatic carbocycles. The second kappa shape index (κ2) is 6.87. The van der Waals surface area contributed by atoms with E-state index in [9.17, 15) is 4.79 Å². The Kier molecular flexibility index (Phi) is 5.78. The van der Waals surface area contributed by atoms with E-state index in [4.69, 9.17) is 21.1 Å². The normalized spacial score (nSPS) is 10.1. The van der Waals surface area contributed by atoms with E-state index in [0.29, 0.717) is 22.7 Å². The van der Waals surface area contributed by atoms with Crippen molar-refractivity contribution in [1.29, 1.82) is 0 Å². The molecule has 0 radical (unpaired) electrons. The Morgan fingerprint density at radius 3 is 2.71 bits per heavy atom. The molecule has 5 heteroatoms. The molecule has 0 aliphatic rings. The molecule has 0 unspecified atom stereocenters. The van der Waals surface area contributed by atoms with Crippen LogP contribution in [0.1, 0.15) is 18.1 Å². The lowest BCUT2D eigenvalue weighted by atomic mass is 10.0. The van der Waals surface area contributed by atoms with Crippen molar-refractivity contribution in [2.45, 2.75) is 18.7 Å². The molecule has 0 N–H and O–H groups in total. The van der Waals surface area contributed by atoms with Crippen LogP contribution in [0.25, 0.3) is 0 Å². The summed E-state index contributed by atoms with van der Waals surface area (Å²) in [4.78, 5) is 11.5. The fraction of sp³-hybridized carbons (Fsp3) is 0.417. The van der Waals surface area contributed by atoms with E-state index in [1.54, 1.807) is 20.1 Å². The van der Waals surface area contributed by atoms with Gasteiger partial charge in [-0.1, -0.05) is 27.5 Å². The van der Waals surface area contributed by atoms with E-state index in [1.165, 1.54) is 0 Å². The first-order chi connectivity index (χ1) is 8.12. The quantitative estimate of drug-likeness (QED) is 0.616. The molecular weight excluding hydrogens is 307 g/mol. The van der Waals surface area contributed by atoms with Crippen molar-refractivity contribution in [1.82, 2.24) is 0 Å². The van der Waals surface area contributed by atoms with Crippen LogP contribution < -0.4 is 4.74 Å². The maximum absolute atomic E-state index is 11.5. The molecule has 0 atom stereocenters. The molecule has 0 saturated carbocycles. The molecule has 3 nitrogen and oxygen atoms in total. The molecule has 0 fully saturated rings. The fourth-order valence-corrected chi connectivity index (χ4v) is 2.26. The lowest BCUT2D eigenvalue weighted by Gasteiger charge is -2.12. The van der Waals surface area contributed by atoms with Crippen LogP contribution in [0.15, 0.2) is 12.1 Å². The third-order valence-corrected chi connectivity index (χ3v) is 3.08. The summed E-state index contributed by atoms with van der Waals surface area (Å²) in [6.45, 7) is 2.15. The van der Waals surface area contributed by atoms with Crippen LogP contribution in [0.2, 0.25) is 5.02 Å². The first-order valence-corrected chi connectivity index (χ1v) is 6.69. The van der Waals surface area contributed by atoms with Gasteiger partial charge in [0.05, 0.1) is 20.1 Å². The van der Waals surface area contributed by atoms with Crippen molar-refractivity contribution in [2.75, 3.05) is 13.7 Å². The van der Waals surface area contributed by atoms with E-state index in [1.807, 2.05) is 6.07 Å². The van der Waals surface area contributed by atoms with Crippen LogP contribution in [0.4, 0.5) is 0 Å². The zero-order valence-corrected chi connectivity index (χ0v) is 12.1. The molecule has 1 rings (SSSR count). The molecule has 17 heavy (non-hydrogen) atoms. The minimum Gasteiger partial charge on any atom is -0.496 e. The Labute approximate surface area is 114 Å². The number of benzene rings is 1. The number of carbonyl (C=O) groups is 1. The van der Waals surface area contributed by atoms with Gasteiger partial charge in [0.2, 0.25) is 0 Å². The van der Waals surface area contributed by atoms with Crippen LogP contribution >= 0.6 is 27.5 Å². The second-order valence-corrected chi connectivity index (χ2v) is 4.36. The van der Waals surface area contributed by atoms with Gasteiger partial charge in [-0.15, -0.1) is 0 Å². The Hall–Kier alpha value is -0.740. The van der Waals surface area contributed by atoms with Gasteiger partial charge in [-0.2, -0.15) is 0 Å². The molecule has 94 valence electrons. The molecule has 0 aliphatic heterocycles. The van der Waals surface area contributed by atoms with Crippen molar-refractivity contribution in [3.05, 3.63) is 28.3 Å². The predicted molar refractivity (Wildman–Crippen MR) is 71.0 cm³/mol. The summed E-state index contributed by atoms with van der Waals surface area (Å²) in [5, 5.41) is 1.20. The number of alkyl halides is 1. The highest BCUT2D eigenvalue weighted by atomic mass is 79.9. The molecule has 0 spiro atoms. The van der Waals surface area contributed by atoms with Crippen LogP contribution in [0.5, 0.6) is 5.75 Å². The van der Waals surface area contributed by atoms with Crippen molar-refractivity contribution in [3.63, 3.8) is 0 Å². The van der Waals surface area contributed by atoms with E-state index in [0.717, 1.165) is 11.1 Å². The molecule has 0 amide bonds. The topological polar surface area (TPSA) is 35.5 Å². The zero-order chi connectivity index (χ0) is 12.8. The van der Waals surface area contributed by atoms with Gasteiger partial charge in [-0.25, -0.2) is 0 Å². The summed E-state index contributed by atoms with van der Waals surface area (Å²) < 4.78 is 10.2. The Morgan fingerprint density at radius 1 is 1.47 bits per heavy atom. The highest BCUT2D eigenvalue weighted by molar-refractivity contribution is 9.08. The standard InChI is InChI=1S/C12H14BrClO3/c1-3-17-12(15)6-10-8(7-13)4-9(14)5-11(10)16-2/h4-5H,3,6-7H2,1-2H3. The summed E-state index contributed by atoms with van der Waals surface area (Å²) >= 11 is 9.33. The number of halogens is 2. The largest absolute Gasteiger partial charge is 0.496 e. The van der Waals surface area contributed by atoms with Gasteiger partial charge in [0, 0.05) is 15.9 Å². The number of methoxy groups -OCH3 is 1. The van der Waals surface area contributed by atoms with Gasteiger partial charge >= 0.3 is 5.97 Å². The second-order valence-electron chi connectivity index (χ2n) is 3.36. The maximum Gasteiger partial charge on any atom is 0.310 e. The lowest BCUT2D eigenvalue weighted by molar-refractivity contribution is -0.142. The van der Waals surface area contributed by atoms with Crippen molar-refractivity contribution in [2.24, 2.45) is 0 Å². The number of rotatable bonds is 5. The van der Waals surface area contributed by atoms with Crippen molar-refractivity contribution in [3.8, 4) is 5.75 Å². The number of carbonyl (C=O) groups excluding carboxylic acids is 1. The third-order valence-electron chi connectivity index (χ3n) is 2.26. The van der Waals surface area contributed by atoms with Gasteiger partial charge in [-0.05, 0) is 24.6 Å². The molecule has 0 heterocycles. The number of hydrogen-bond donors (Lipinski definition) is 0. The predicted octanol–water partition coefficient (Wildman–Crippen LogP) is 3.35. The Balaban J connectivity index is 3.06. The van der Waals surface area contributed by atoms with Gasteiger partial charge in [0.1, 0.15) is 5.75 Å². The minimum atomic E-state index is -0.268. The fourth-order valence-electron chi connectivity index (χ4n) is 1.52. The maximum atomic E-state index is 11.5. The van der Waals surface area contributed by atoms with E-state index in [-0.39, 0.29) is 12.4 Å². The SMILES string of the molecule is CCOC(=O)Cc1c(CBr)cc(Cl)cc1OC. The van der Waals surface area contributed by atoms with Crippen LogP contribution in [-0.2, 0) is 21.3 Å². The minimum absolute atomic E-state index is 0.190. The Bertz CT molecular complexity index is 382. The number of esters is 1. The van der Waals surface area contributed by atoms with Gasteiger partial charge in [0.15, 0.2) is 0 Å². The van der Waals surface area contributed by atoms with Gasteiger partial charge in [0.25, 0.3) is 0 Å². The molecule has 0 bridgehead atoms. The van der Waals surface area contributed by atoms with Crippen LogP contribution in [0, 0.1) is 0 Å². The van der Waals surface area contributed by atoms with Crippen molar-refractivity contribution >= 4 is 33.5 Å². The van der Waals surface area contributed by atoms with E-state index < -0.39 is 0 Å². The van der Waals surface area contributed by atoms with Crippen molar-refractivity contribution < 1.29 is 14.3 Å². The van der Waals surface area contributed by atoms with Gasteiger partial charge < -0.3 is 9.47 Å². The molecule has 1 aromatic carbocycles. The summed E-state index contributed by atoms with van der Waals surface area (Å²) in [5.74, 6) is 0.343. The summed E-state index contributed by atoms with van der Waals surface area (Å²) in [6.07, 6.45) is 0.190. The molecule has 1 aromatic rings. The van der Waals surface area contributed by atoms with Gasteiger partial charge in [-0.3, -0.25) is 4.79 Å². The highest BCUT2D eigenvalue weighted by Gasteiger charge is 2.14. The van der Waals surface area contributed by atoms with E-state index in [2.05, 4.69) is 15.9 Å². The van der Waals surface area contributed by atoms with Crippen LogP contribution in [-0.4, -0.2) is 19.7 Å². The lowest BCUT2D eigenvalue weighted by Crippen LogP contribution is -2.10. The zero-order valence-electron chi connectivity index (χ0n) is 9.76. The third kappa shape index (κ3) is 3.89. The smallest absolute Gasteiger partial charge is 0.310 e. The molecule has 0 saturated heterocycles.